The fourth-order valence-electron chi connectivity index (χ4n) is 3.00. The Labute approximate surface area is 153 Å². The van der Waals surface area contributed by atoms with E-state index in [1.165, 1.54) is 0 Å². The maximum absolute atomic E-state index is 12.2. The molecule has 1 aromatic carbocycles. The maximum atomic E-state index is 12.2. The molecule has 1 atom stereocenters. The lowest BCUT2D eigenvalue weighted by atomic mass is 10.1. The van der Waals surface area contributed by atoms with Gasteiger partial charge in [0.2, 0.25) is 11.8 Å². The molecule has 0 spiro atoms. The second-order valence-electron chi connectivity index (χ2n) is 6.83. The highest BCUT2D eigenvalue weighted by Crippen LogP contribution is 2.12. The normalized spacial score (nSPS) is 18.2. The minimum atomic E-state index is -0.0672. The Morgan fingerprint density at radius 1 is 1.35 bits per heavy atom. The van der Waals surface area contributed by atoms with Gasteiger partial charge in [0.1, 0.15) is 0 Å². The standard InChI is InChI=1S/C19H26N4O3/c1-14(2)23-8-9-25-16(13-23)11-18(24)20-12-19-21-17(22-26-19)10-15-6-4-3-5-7-15/h3-7,14,16H,8-13H2,1-2H3,(H,20,24). The number of morpholine rings is 1. The van der Waals surface area contributed by atoms with Gasteiger partial charge in [0.05, 0.1) is 25.7 Å². The van der Waals surface area contributed by atoms with Crippen LogP contribution < -0.4 is 5.32 Å². The van der Waals surface area contributed by atoms with Gasteiger partial charge >= 0.3 is 0 Å². The minimum absolute atomic E-state index is 0.0663. The molecule has 1 saturated heterocycles. The lowest BCUT2D eigenvalue weighted by Crippen LogP contribution is -2.47. The summed E-state index contributed by atoms with van der Waals surface area (Å²) in [4.78, 5) is 18.8. The highest BCUT2D eigenvalue weighted by atomic mass is 16.5. The van der Waals surface area contributed by atoms with E-state index in [4.69, 9.17) is 9.26 Å². The van der Waals surface area contributed by atoms with Crippen LogP contribution in [0.25, 0.3) is 0 Å². The van der Waals surface area contributed by atoms with E-state index in [9.17, 15) is 4.79 Å². The summed E-state index contributed by atoms with van der Waals surface area (Å²) in [7, 11) is 0. The van der Waals surface area contributed by atoms with Crippen LogP contribution >= 0.6 is 0 Å². The molecule has 26 heavy (non-hydrogen) atoms. The monoisotopic (exact) mass is 358 g/mol. The topological polar surface area (TPSA) is 80.5 Å². The summed E-state index contributed by atoms with van der Waals surface area (Å²) in [5.41, 5.74) is 1.12. The van der Waals surface area contributed by atoms with Crippen molar-refractivity contribution >= 4 is 5.91 Å². The second kappa shape index (κ2) is 8.91. The van der Waals surface area contributed by atoms with Crippen LogP contribution in [0.3, 0.4) is 0 Å². The Morgan fingerprint density at radius 3 is 2.92 bits per heavy atom. The van der Waals surface area contributed by atoms with Gasteiger partial charge in [0.25, 0.3) is 0 Å². The summed E-state index contributed by atoms with van der Waals surface area (Å²) >= 11 is 0. The number of benzene rings is 1. The molecule has 7 nitrogen and oxygen atoms in total. The van der Waals surface area contributed by atoms with Crippen molar-refractivity contribution in [2.24, 2.45) is 0 Å². The number of hydrogen-bond acceptors (Lipinski definition) is 6. The van der Waals surface area contributed by atoms with E-state index in [2.05, 4.69) is 34.2 Å². The first kappa shape index (κ1) is 18.5. The zero-order chi connectivity index (χ0) is 18.4. The van der Waals surface area contributed by atoms with Crippen molar-refractivity contribution in [3.63, 3.8) is 0 Å². The van der Waals surface area contributed by atoms with Gasteiger partial charge in [-0.1, -0.05) is 35.5 Å². The molecule has 1 N–H and O–H groups in total. The van der Waals surface area contributed by atoms with Crippen LogP contribution in [0.15, 0.2) is 34.9 Å². The first-order valence-electron chi connectivity index (χ1n) is 9.08. The van der Waals surface area contributed by atoms with Gasteiger partial charge in [-0.05, 0) is 19.4 Å². The predicted molar refractivity (Wildman–Crippen MR) is 96.5 cm³/mol. The highest BCUT2D eigenvalue weighted by molar-refractivity contribution is 5.76. The number of rotatable bonds is 7. The molecule has 0 bridgehead atoms. The molecule has 1 amide bonds. The molecular formula is C19H26N4O3. The van der Waals surface area contributed by atoms with Gasteiger partial charge in [-0.3, -0.25) is 9.69 Å². The average Bonchev–Trinajstić information content (AvgIpc) is 3.08. The summed E-state index contributed by atoms with van der Waals surface area (Å²) < 4.78 is 10.9. The van der Waals surface area contributed by atoms with Crippen molar-refractivity contribution in [1.82, 2.24) is 20.4 Å². The van der Waals surface area contributed by atoms with E-state index >= 15 is 0 Å². The van der Waals surface area contributed by atoms with Crippen molar-refractivity contribution in [2.75, 3.05) is 19.7 Å². The molecule has 0 aliphatic carbocycles. The van der Waals surface area contributed by atoms with Crippen LogP contribution in [-0.2, 0) is 22.5 Å². The van der Waals surface area contributed by atoms with Crippen molar-refractivity contribution in [1.29, 1.82) is 0 Å². The number of nitrogens with one attached hydrogen (secondary N) is 1. The summed E-state index contributed by atoms with van der Waals surface area (Å²) in [6, 6.07) is 10.4. The fraction of sp³-hybridized carbons (Fsp3) is 0.526. The number of aromatic nitrogens is 2. The first-order valence-corrected chi connectivity index (χ1v) is 9.08. The molecule has 2 aromatic rings. The van der Waals surface area contributed by atoms with Crippen LogP contribution in [0.1, 0.15) is 37.5 Å². The molecule has 0 saturated carbocycles. The van der Waals surface area contributed by atoms with E-state index in [-0.39, 0.29) is 18.6 Å². The van der Waals surface area contributed by atoms with Crippen molar-refractivity contribution in [3.05, 3.63) is 47.6 Å². The Kier molecular flexibility index (Phi) is 6.35. The third kappa shape index (κ3) is 5.37. The van der Waals surface area contributed by atoms with Crippen LogP contribution in [0, 0.1) is 0 Å². The second-order valence-corrected chi connectivity index (χ2v) is 6.83. The van der Waals surface area contributed by atoms with Crippen molar-refractivity contribution in [2.45, 2.75) is 45.4 Å². The molecule has 1 aromatic heterocycles. The Bertz CT molecular complexity index is 702. The van der Waals surface area contributed by atoms with Crippen molar-refractivity contribution < 1.29 is 14.1 Å². The summed E-state index contributed by atoms with van der Waals surface area (Å²) in [6.07, 6.45) is 0.885. The minimum Gasteiger partial charge on any atom is -0.375 e. The first-order chi connectivity index (χ1) is 12.6. The Balaban J connectivity index is 1.43. The summed E-state index contributed by atoms with van der Waals surface area (Å²) in [5.74, 6) is 0.963. The van der Waals surface area contributed by atoms with Crippen LogP contribution in [0.4, 0.5) is 0 Å². The molecule has 7 heteroatoms. The van der Waals surface area contributed by atoms with Gasteiger partial charge in [-0.15, -0.1) is 0 Å². The number of ether oxygens (including phenoxy) is 1. The molecule has 2 heterocycles. The van der Waals surface area contributed by atoms with E-state index in [0.29, 0.717) is 37.2 Å². The summed E-state index contributed by atoms with van der Waals surface area (Å²) in [5, 5.41) is 6.80. The molecule has 0 radical (unpaired) electrons. The lowest BCUT2D eigenvalue weighted by Gasteiger charge is -2.35. The quantitative estimate of drug-likeness (QED) is 0.813. The van der Waals surface area contributed by atoms with Crippen LogP contribution in [0.2, 0.25) is 0 Å². The third-order valence-corrected chi connectivity index (χ3v) is 4.47. The van der Waals surface area contributed by atoms with Gasteiger partial charge in [0.15, 0.2) is 5.82 Å². The van der Waals surface area contributed by atoms with E-state index in [1.807, 2.05) is 30.3 Å². The molecule has 1 aliphatic heterocycles. The van der Waals surface area contributed by atoms with Crippen LogP contribution in [0.5, 0.6) is 0 Å². The van der Waals surface area contributed by atoms with E-state index in [1.54, 1.807) is 0 Å². The van der Waals surface area contributed by atoms with E-state index < -0.39 is 0 Å². The fourth-order valence-corrected chi connectivity index (χ4v) is 3.00. The SMILES string of the molecule is CC(C)N1CCOC(CC(=O)NCc2nc(Cc3ccccc3)no2)C1. The number of hydrogen-bond donors (Lipinski definition) is 1. The smallest absolute Gasteiger partial charge is 0.246 e. The Morgan fingerprint density at radius 2 is 2.15 bits per heavy atom. The Hall–Kier alpha value is -2.25. The van der Waals surface area contributed by atoms with Gasteiger partial charge < -0.3 is 14.6 Å². The average molecular weight is 358 g/mol. The zero-order valence-electron chi connectivity index (χ0n) is 15.4. The van der Waals surface area contributed by atoms with Gasteiger partial charge in [-0.25, -0.2) is 0 Å². The van der Waals surface area contributed by atoms with Gasteiger partial charge in [-0.2, -0.15) is 4.98 Å². The summed E-state index contributed by atoms with van der Waals surface area (Å²) in [6.45, 7) is 6.93. The molecular weight excluding hydrogens is 332 g/mol. The van der Waals surface area contributed by atoms with Crippen LogP contribution in [-0.4, -0.2) is 52.8 Å². The number of carbonyl (C=O) groups is 1. The largest absolute Gasteiger partial charge is 0.375 e. The molecule has 1 fully saturated rings. The molecule has 1 aliphatic rings. The maximum Gasteiger partial charge on any atom is 0.246 e. The van der Waals surface area contributed by atoms with Crippen molar-refractivity contribution in [3.8, 4) is 0 Å². The van der Waals surface area contributed by atoms with E-state index in [0.717, 1.165) is 18.7 Å². The van der Waals surface area contributed by atoms with Gasteiger partial charge in [0, 0.05) is 25.6 Å². The molecule has 3 rings (SSSR count). The molecule has 1 unspecified atom stereocenters. The lowest BCUT2D eigenvalue weighted by molar-refractivity contribution is -0.126. The number of carbonyl (C=O) groups excluding carboxylic acids is 1. The third-order valence-electron chi connectivity index (χ3n) is 4.47. The molecule has 140 valence electrons. The predicted octanol–water partition coefficient (Wildman–Crippen LogP) is 1.78. The zero-order valence-corrected chi connectivity index (χ0v) is 15.4. The number of amides is 1. The number of nitrogens with zero attached hydrogens (tertiary/aromatic N) is 3. The highest BCUT2D eigenvalue weighted by Gasteiger charge is 2.24.